The highest BCUT2D eigenvalue weighted by Gasteiger charge is 2.42. The molecule has 0 aliphatic carbocycles. The number of likely N-dealkylation sites (tertiary alicyclic amines) is 2. The molecule has 378 valence electrons. The third kappa shape index (κ3) is 12.2. The first-order valence-electron chi connectivity index (χ1n) is 24.0. The molecule has 6 amide bonds. The number of unbranched alkanes of at least 4 members (excludes halogenated alkanes) is 1. The number of thioether (sulfide) groups is 1. The standard InChI is InChI=1S/C50H55BrN10O9S2/c51-42-44(70-28-41(63)64)46(48(66)67)72-45(42)32-7-6-10-37(23-32)60(24-30-17-20-58(21-18-30)50(69)53-33-8-2-1-3-9-33)26-35-27-61(57-56-35)36-15-13-31(14-16-36)47(65)52-34-19-22-59(25-34)40(62)12-5-4-11-39-43-38(29-71-39)54-49(68)55-43/h1-3,6-10,13-16,23,27,30,34,38-39,43H,4-5,11-12,17-22,24-26,28-29H2,(H,52,65)(H,53,69)(H,63,64)(H,66,67)(H2,54,55,68). The van der Waals surface area contributed by atoms with Crippen molar-refractivity contribution >= 4 is 86.2 Å². The number of anilines is 2. The van der Waals surface area contributed by atoms with Gasteiger partial charge in [-0.25, -0.2) is 23.9 Å². The second-order valence-corrected chi connectivity index (χ2v) is 21.5. The third-order valence-electron chi connectivity index (χ3n) is 13.5. The molecule has 4 fully saturated rings. The molecule has 0 bridgehead atoms. The van der Waals surface area contributed by atoms with Crippen LogP contribution in [0.1, 0.15) is 70.7 Å². The number of ether oxygens (including phenoxy) is 1. The van der Waals surface area contributed by atoms with Crippen LogP contribution in [0.5, 0.6) is 5.75 Å². The van der Waals surface area contributed by atoms with Crippen molar-refractivity contribution in [2.45, 2.75) is 74.9 Å². The molecule has 2 aromatic heterocycles. The molecule has 4 unspecified atom stereocenters. The topological polar surface area (TPSA) is 241 Å². The number of halogens is 1. The number of hydrogen-bond acceptors (Lipinski definition) is 12. The van der Waals surface area contributed by atoms with Gasteiger partial charge in [0, 0.05) is 73.1 Å². The van der Waals surface area contributed by atoms with Crippen LogP contribution in [0.25, 0.3) is 16.1 Å². The second-order valence-electron chi connectivity index (χ2n) is 18.4. The number of amides is 6. The third-order valence-corrected chi connectivity index (χ3v) is 17.2. The summed E-state index contributed by atoms with van der Waals surface area (Å²) in [7, 11) is 0. The largest absolute Gasteiger partial charge is 0.479 e. The van der Waals surface area contributed by atoms with Gasteiger partial charge < -0.3 is 50.9 Å². The zero-order valence-electron chi connectivity index (χ0n) is 39.2. The molecule has 4 atom stereocenters. The SMILES string of the molecule is O=C(O)COc1c(C(=O)O)sc(-c2cccc(N(Cc3cn(-c4ccc(C(=O)NC5CCN(C(=O)CCCCC6SCC7NC(=O)NC76)C5)cc4)nn3)CC3CCN(C(=O)Nc4ccccc4)CC3)c2)c1Br. The number of aromatic nitrogens is 3. The molecule has 6 N–H and O–H groups in total. The van der Waals surface area contributed by atoms with Crippen molar-refractivity contribution in [2.24, 2.45) is 5.92 Å². The molecule has 19 nitrogen and oxygen atoms in total. The summed E-state index contributed by atoms with van der Waals surface area (Å²) in [5.74, 6) is -1.52. The molecule has 0 spiro atoms. The summed E-state index contributed by atoms with van der Waals surface area (Å²) >= 11 is 6.35. The van der Waals surface area contributed by atoms with Gasteiger partial charge in [-0.15, -0.1) is 16.4 Å². The van der Waals surface area contributed by atoms with Gasteiger partial charge in [-0.05, 0) is 108 Å². The average Bonchev–Trinajstić information content (AvgIpc) is 4.24. The number of carbonyl (C=O) groups excluding carboxylic acids is 4. The molecule has 9 rings (SSSR count). The number of nitrogens with zero attached hydrogens (tertiary/aromatic N) is 6. The smallest absolute Gasteiger partial charge is 0.349 e. The second kappa shape index (κ2) is 22.8. The number of para-hydroxylation sites is 1. The van der Waals surface area contributed by atoms with E-state index in [1.807, 2.05) is 82.4 Å². The Morgan fingerprint density at radius 3 is 2.46 bits per heavy atom. The lowest BCUT2D eigenvalue weighted by Crippen LogP contribution is -2.43. The predicted octanol–water partition coefficient (Wildman–Crippen LogP) is 6.93. The summed E-state index contributed by atoms with van der Waals surface area (Å²) in [6.07, 6.45) is 7.16. The molecular formula is C50H55BrN10O9S2. The number of hydrogen-bond donors (Lipinski definition) is 6. The molecule has 72 heavy (non-hydrogen) atoms. The Bertz CT molecular complexity index is 2790. The van der Waals surface area contributed by atoms with Crippen molar-refractivity contribution in [1.82, 2.24) is 40.7 Å². The number of rotatable bonds is 19. The number of aromatic carboxylic acids is 1. The number of carbonyl (C=O) groups is 6. The molecule has 0 saturated carbocycles. The lowest BCUT2D eigenvalue weighted by atomic mass is 9.96. The number of carboxylic acids is 2. The fraction of sp³-hybridized carbons (Fsp3) is 0.400. The predicted molar refractivity (Wildman–Crippen MR) is 276 cm³/mol. The molecule has 0 radical (unpaired) electrons. The Morgan fingerprint density at radius 1 is 0.917 bits per heavy atom. The fourth-order valence-corrected chi connectivity index (χ4v) is 13.1. The lowest BCUT2D eigenvalue weighted by molar-refractivity contribution is -0.139. The highest BCUT2D eigenvalue weighted by Crippen LogP contribution is 2.46. The van der Waals surface area contributed by atoms with Crippen molar-refractivity contribution in [3.8, 4) is 21.9 Å². The summed E-state index contributed by atoms with van der Waals surface area (Å²) in [6, 6.07) is 24.1. The Kier molecular flexibility index (Phi) is 16.0. The maximum absolute atomic E-state index is 13.4. The molecule has 5 aromatic rings. The maximum atomic E-state index is 13.4. The minimum Gasteiger partial charge on any atom is -0.479 e. The molecule has 4 aliphatic heterocycles. The number of benzene rings is 3. The van der Waals surface area contributed by atoms with Crippen molar-refractivity contribution in [1.29, 1.82) is 0 Å². The van der Waals surface area contributed by atoms with E-state index < -0.39 is 18.5 Å². The molecule has 4 aliphatic rings. The summed E-state index contributed by atoms with van der Waals surface area (Å²) in [5.41, 5.74) is 4.10. The molecule has 6 heterocycles. The van der Waals surface area contributed by atoms with E-state index >= 15 is 0 Å². The number of urea groups is 2. The van der Waals surface area contributed by atoms with Gasteiger partial charge >= 0.3 is 24.0 Å². The van der Waals surface area contributed by atoms with Crippen molar-refractivity contribution in [3.05, 3.63) is 106 Å². The molecule has 4 saturated heterocycles. The van der Waals surface area contributed by atoms with Crippen LogP contribution >= 0.6 is 39.0 Å². The van der Waals surface area contributed by atoms with Crippen LogP contribution in [-0.2, 0) is 16.1 Å². The summed E-state index contributed by atoms with van der Waals surface area (Å²) in [4.78, 5) is 81.1. The number of aliphatic carboxylic acids is 1. The summed E-state index contributed by atoms with van der Waals surface area (Å²) in [6.45, 7) is 2.48. The van der Waals surface area contributed by atoms with Gasteiger partial charge in [0.15, 0.2) is 17.2 Å². The number of carboxylic acid groups (broad SMARTS) is 2. The first kappa shape index (κ1) is 50.3. The van der Waals surface area contributed by atoms with Crippen LogP contribution in [-0.4, -0.2) is 139 Å². The van der Waals surface area contributed by atoms with Gasteiger partial charge in [0.2, 0.25) is 5.91 Å². The minimum atomic E-state index is -1.24. The van der Waals surface area contributed by atoms with Gasteiger partial charge in [0.05, 0.1) is 39.9 Å². The van der Waals surface area contributed by atoms with E-state index in [9.17, 15) is 39.0 Å². The van der Waals surface area contributed by atoms with Gasteiger partial charge in [0.25, 0.3) is 5.91 Å². The Balaban J connectivity index is 0.825. The van der Waals surface area contributed by atoms with Gasteiger partial charge in [-0.3, -0.25) is 9.59 Å². The van der Waals surface area contributed by atoms with Crippen LogP contribution in [0.4, 0.5) is 21.0 Å². The van der Waals surface area contributed by atoms with E-state index in [2.05, 4.69) is 52.4 Å². The monoisotopic (exact) mass is 1080 g/mol. The van der Waals surface area contributed by atoms with Gasteiger partial charge in [-0.2, -0.15) is 11.8 Å². The number of nitrogens with one attached hydrogen (secondary N) is 4. The molecule has 22 heteroatoms. The highest BCUT2D eigenvalue weighted by atomic mass is 79.9. The van der Waals surface area contributed by atoms with Crippen LogP contribution in [0.3, 0.4) is 0 Å². The zero-order chi connectivity index (χ0) is 50.3. The van der Waals surface area contributed by atoms with Gasteiger partial charge in [-0.1, -0.05) is 42.0 Å². The van der Waals surface area contributed by atoms with Crippen LogP contribution < -0.4 is 30.9 Å². The van der Waals surface area contributed by atoms with E-state index in [0.717, 1.165) is 60.6 Å². The minimum absolute atomic E-state index is 0.0507. The highest BCUT2D eigenvalue weighted by molar-refractivity contribution is 9.10. The number of fused-ring (bicyclic) bond motifs is 1. The van der Waals surface area contributed by atoms with E-state index in [0.29, 0.717) is 89.2 Å². The average molecular weight is 1080 g/mol. The lowest BCUT2D eigenvalue weighted by Gasteiger charge is -2.35. The normalized spacial score (nSPS) is 19.6. The quantitative estimate of drug-likeness (QED) is 0.0364. The number of thiophene rings is 1. The molecule has 3 aromatic carbocycles. The van der Waals surface area contributed by atoms with Crippen molar-refractivity contribution in [2.75, 3.05) is 55.3 Å². The Morgan fingerprint density at radius 2 is 1.69 bits per heavy atom. The van der Waals surface area contributed by atoms with E-state index in [-0.39, 0.29) is 58.5 Å². The van der Waals surface area contributed by atoms with Gasteiger partial charge in [0.1, 0.15) is 5.69 Å². The van der Waals surface area contributed by atoms with Crippen LogP contribution in [0, 0.1) is 5.92 Å². The van der Waals surface area contributed by atoms with E-state index in [4.69, 9.17) is 4.74 Å². The summed E-state index contributed by atoms with van der Waals surface area (Å²) < 4.78 is 7.41. The first-order valence-corrected chi connectivity index (χ1v) is 26.7. The maximum Gasteiger partial charge on any atom is 0.349 e. The van der Waals surface area contributed by atoms with E-state index in [1.54, 1.807) is 28.9 Å². The Hall–Kier alpha value is -6.65. The number of piperidine rings is 1. The summed E-state index contributed by atoms with van der Waals surface area (Å²) in [5, 5.41) is 40.6. The Labute approximate surface area is 432 Å². The molecular weight excluding hydrogens is 1030 g/mol. The first-order chi connectivity index (χ1) is 34.8. The van der Waals surface area contributed by atoms with Crippen molar-refractivity contribution in [3.63, 3.8) is 0 Å². The van der Waals surface area contributed by atoms with Crippen LogP contribution in [0.15, 0.2) is 89.5 Å². The fourth-order valence-electron chi connectivity index (χ4n) is 9.70. The van der Waals surface area contributed by atoms with Crippen LogP contribution in [0.2, 0.25) is 0 Å². The zero-order valence-corrected chi connectivity index (χ0v) is 42.4. The van der Waals surface area contributed by atoms with Crippen molar-refractivity contribution < 1.29 is 43.7 Å². The van der Waals surface area contributed by atoms with E-state index in [1.165, 1.54) is 0 Å².